The maximum atomic E-state index is 12.7. The molecule has 1 aromatic carbocycles. The Hall–Kier alpha value is -0.620. The molecule has 2 aliphatic heterocycles. The van der Waals surface area contributed by atoms with Crippen molar-refractivity contribution < 1.29 is 4.79 Å². The van der Waals surface area contributed by atoms with Crippen molar-refractivity contribution in [1.82, 2.24) is 5.32 Å². The van der Waals surface area contributed by atoms with Crippen molar-refractivity contribution in [3.8, 4) is 0 Å². The maximum absolute atomic E-state index is 12.7. The van der Waals surface area contributed by atoms with Crippen LogP contribution in [0.5, 0.6) is 0 Å². The standard InChI is InChI=1S/C14H17IN2O/c15-11-1-3-12(4-2-11)17-10-7-14(13(17)18)5-8-16-9-6-14/h1-4,16H,5-10H2. The number of piperidine rings is 1. The van der Waals surface area contributed by atoms with Gasteiger partial charge in [-0.25, -0.2) is 0 Å². The van der Waals surface area contributed by atoms with Gasteiger partial charge in [0, 0.05) is 15.8 Å². The zero-order valence-electron chi connectivity index (χ0n) is 10.3. The van der Waals surface area contributed by atoms with Crippen LogP contribution in [0.1, 0.15) is 19.3 Å². The Labute approximate surface area is 121 Å². The van der Waals surface area contributed by atoms with E-state index in [-0.39, 0.29) is 5.41 Å². The van der Waals surface area contributed by atoms with Crippen molar-refractivity contribution >= 4 is 34.2 Å². The van der Waals surface area contributed by atoms with Crippen molar-refractivity contribution in [3.05, 3.63) is 27.8 Å². The smallest absolute Gasteiger partial charge is 0.233 e. The lowest BCUT2D eigenvalue weighted by Gasteiger charge is -2.32. The zero-order chi connectivity index (χ0) is 12.6. The van der Waals surface area contributed by atoms with Gasteiger partial charge in [0.2, 0.25) is 5.91 Å². The van der Waals surface area contributed by atoms with Crippen LogP contribution in [0.3, 0.4) is 0 Å². The largest absolute Gasteiger partial charge is 0.317 e. The van der Waals surface area contributed by atoms with Crippen molar-refractivity contribution in [1.29, 1.82) is 0 Å². The molecule has 1 amide bonds. The molecule has 18 heavy (non-hydrogen) atoms. The average molecular weight is 356 g/mol. The summed E-state index contributed by atoms with van der Waals surface area (Å²) >= 11 is 2.29. The van der Waals surface area contributed by atoms with E-state index in [0.29, 0.717) is 5.91 Å². The molecule has 0 radical (unpaired) electrons. The summed E-state index contributed by atoms with van der Waals surface area (Å²) in [5, 5.41) is 3.35. The monoisotopic (exact) mass is 356 g/mol. The number of halogens is 1. The molecular weight excluding hydrogens is 339 g/mol. The van der Waals surface area contributed by atoms with Crippen LogP contribution in [0, 0.1) is 8.99 Å². The molecular formula is C14H17IN2O. The molecule has 2 heterocycles. The van der Waals surface area contributed by atoms with E-state index in [1.165, 1.54) is 3.57 Å². The Morgan fingerprint density at radius 3 is 2.44 bits per heavy atom. The lowest BCUT2D eigenvalue weighted by atomic mass is 9.78. The molecule has 0 saturated carbocycles. The third kappa shape index (κ3) is 2.05. The van der Waals surface area contributed by atoms with Crippen molar-refractivity contribution in [2.24, 2.45) is 5.41 Å². The summed E-state index contributed by atoms with van der Waals surface area (Å²) in [4.78, 5) is 14.6. The molecule has 96 valence electrons. The van der Waals surface area contributed by atoms with Gasteiger partial charge >= 0.3 is 0 Å². The van der Waals surface area contributed by atoms with Gasteiger partial charge in [0.05, 0.1) is 5.41 Å². The minimum atomic E-state index is -0.0752. The van der Waals surface area contributed by atoms with Crippen LogP contribution in [0.4, 0.5) is 5.69 Å². The highest BCUT2D eigenvalue weighted by molar-refractivity contribution is 14.1. The van der Waals surface area contributed by atoms with Gasteiger partial charge in [0.1, 0.15) is 0 Å². The highest BCUT2D eigenvalue weighted by atomic mass is 127. The number of nitrogens with one attached hydrogen (secondary N) is 1. The van der Waals surface area contributed by atoms with Crippen LogP contribution in [0.2, 0.25) is 0 Å². The minimum absolute atomic E-state index is 0.0752. The van der Waals surface area contributed by atoms with E-state index in [2.05, 4.69) is 52.2 Å². The Bertz CT molecular complexity index is 451. The van der Waals surface area contributed by atoms with Gasteiger partial charge in [0.25, 0.3) is 0 Å². The van der Waals surface area contributed by atoms with E-state index in [1.807, 2.05) is 4.90 Å². The second-order valence-corrected chi connectivity index (χ2v) is 6.46. The molecule has 2 aliphatic rings. The quantitative estimate of drug-likeness (QED) is 0.784. The molecule has 2 saturated heterocycles. The molecule has 1 spiro atoms. The lowest BCUT2D eigenvalue weighted by molar-refractivity contribution is -0.126. The van der Waals surface area contributed by atoms with Gasteiger partial charge < -0.3 is 10.2 Å². The molecule has 0 bridgehead atoms. The van der Waals surface area contributed by atoms with E-state index < -0.39 is 0 Å². The topological polar surface area (TPSA) is 32.3 Å². The van der Waals surface area contributed by atoms with Crippen LogP contribution in [0.25, 0.3) is 0 Å². The van der Waals surface area contributed by atoms with Crippen LogP contribution >= 0.6 is 22.6 Å². The first-order valence-corrected chi connectivity index (χ1v) is 7.57. The molecule has 0 atom stereocenters. The molecule has 2 fully saturated rings. The summed E-state index contributed by atoms with van der Waals surface area (Å²) in [6.45, 7) is 2.83. The molecule has 1 aromatic rings. The fourth-order valence-electron chi connectivity index (χ4n) is 3.06. The molecule has 0 aromatic heterocycles. The van der Waals surface area contributed by atoms with E-state index in [4.69, 9.17) is 0 Å². The van der Waals surface area contributed by atoms with Gasteiger partial charge in [0.15, 0.2) is 0 Å². The Balaban J connectivity index is 1.83. The van der Waals surface area contributed by atoms with E-state index in [1.54, 1.807) is 0 Å². The van der Waals surface area contributed by atoms with Gasteiger partial charge in [-0.1, -0.05) is 0 Å². The molecule has 3 rings (SSSR count). The number of hydrogen-bond acceptors (Lipinski definition) is 2. The highest BCUT2D eigenvalue weighted by Crippen LogP contribution is 2.41. The van der Waals surface area contributed by atoms with E-state index >= 15 is 0 Å². The SMILES string of the molecule is O=C1N(c2ccc(I)cc2)CCC12CCNCC2. The predicted octanol–water partition coefficient (Wildman–Crippen LogP) is 2.40. The summed E-state index contributed by atoms with van der Waals surface area (Å²) in [5.74, 6) is 0.338. The van der Waals surface area contributed by atoms with Crippen LogP contribution in [-0.4, -0.2) is 25.5 Å². The van der Waals surface area contributed by atoms with Gasteiger partial charge in [-0.2, -0.15) is 0 Å². The maximum Gasteiger partial charge on any atom is 0.233 e. The summed E-state index contributed by atoms with van der Waals surface area (Å²) in [6.07, 6.45) is 3.00. The number of anilines is 1. The average Bonchev–Trinajstić information content (AvgIpc) is 2.70. The van der Waals surface area contributed by atoms with Crippen molar-refractivity contribution in [2.75, 3.05) is 24.5 Å². The van der Waals surface area contributed by atoms with Crippen LogP contribution in [0.15, 0.2) is 24.3 Å². The van der Waals surface area contributed by atoms with Crippen molar-refractivity contribution in [3.63, 3.8) is 0 Å². The Kier molecular flexibility index (Phi) is 3.32. The molecule has 4 heteroatoms. The number of carbonyl (C=O) groups excluding carboxylic acids is 1. The lowest BCUT2D eigenvalue weighted by Crippen LogP contribution is -2.42. The first-order chi connectivity index (χ1) is 8.71. The number of carbonyl (C=O) groups is 1. The first kappa shape index (κ1) is 12.4. The Morgan fingerprint density at radius 1 is 1.11 bits per heavy atom. The van der Waals surface area contributed by atoms with E-state index in [9.17, 15) is 4.79 Å². The summed E-state index contributed by atoms with van der Waals surface area (Å²) in [5.41, 5.74) is 0.977. The molecule has 1 N–H and O–H groups in total. The first-order valence-electron chi connectivity index (χ1n) is 6.50. The summed E-state index contributed by atoms with van der Waals surface area (Å²) < 4.78 is 1.21. The second-order valence-electron chi connectivity index (χ2n) is 5.21. The molecule has 0 aliphatic carbocycles. The zero-order valence-corrected chi connectivity index (χ0v) is 12.4. The predicted molar refractivity (Wildman–Crippen MR) is 80.7 cm³/mol. The third-order valence-corrected chi connectivity index (χ3v) is 4.93. The van der Waals surface area contributed by atoms with Gasteiger partial charge in [-0.15, -0.1) is 0 Å². The fraction of sp³-hybridized carbons (Fsp3) is 0.500. The van der Waals surface area contributed by atoms with Crippen LogP contribution < -0.4 is 10.2 Å². The summed E-state index contributed by atoms with van der Waals surface area (Å²) in [7, 11) is 0. The fourth-order valence-corrected chi connectivity index (χ4v) is 3.42. The van der Waals surface area contributed by atoms with Crippen LogP contribution in [-0.2, 0) is 4.79 Å². The number of hydrogen-bond donors (Lipinski definition) is 1. The number of nitrogens with zero attached hydrogens (tertiary/aromatic N) is 1. The number of benzene rings is 1. The van der Waals surface area contributed by atoms with E-state index in [0.717, 1.165) is 44.6 Å². The van der Waals surface area contributed by atoms with Gasteiger partial charge in [-0.05, 0) is 79.2 Å². The second kappa shape index (κ2) is 4.81. The Morgan fingerprint density at radius 2 is 1.78 bits per heavy atom. The molecule has 0 unspecified atom stereocenters. The highest BCUT2D eigenvalue weighted by Gasteiger charge is 2.47. The normalized spacial score (nSPS) is 22.7. The minimum Gasteiger partial charge on any atom is -0.317 e. The van der Waals surface area contributed by atoms with Gasteiger partial charge in [-0.3, -0.25) is 4.79 Å². The number of amides is 1. The third-order valence-electron chi connectivity index (χ3n) is 4.21. The number of rotatable bonds is 1. The van der Waals surface area contributed by atoms with Crippen molar-refractivity contribution in [2.45, 2.75) is 19.3 Å². The molecule has 3 nitrogen and oxygen atoms in total. The summed E-state index contributed by atoms with van der Waals surface area (Å²) in [6, 6.07) is 8.24.